The van der Waals surface area contributed by atoms with Crippen LogP contribution in [-0.4, -0.2) is 47.3 Å². The van der Waals surface area contributed by atoms with Crippen molar-refractivity contribution < 1.29 is 31.2 Å². The number of ether oxygens (including phenoxy) is 3. The van der Waals surface area contributed by atoms with Gasteiger partial charge in [0, 0.05) is 19.3 Å². The largest absolute Gasteiger partial charge is 2.00 e. The van der Waals surface area contributed by atoms with Crippen LogP contribution in [-0.2, 0) is 14.2 Å². The minimum Gasteiger partial charge on any atom is -1.00 e. The molecule has 4 aliphatic heterocycles. The average molecular weight is 301 g/mol. The van der Waals surface area contributed by atoms with E-state index in [0.29, 0.717) is 6.10 Å². The van der Waals surface area contributed by atoms with E-state index in [2.05, 4.69) is 6.92 Å². The van der Waals surface area contributed by atoms with Gasteiger partial charge in [-0.05, 0) is 6.42 Å². The maximum Gasteiger partial charge on any atom is 2.00 e. The van der Waals surface area contributed by atoms with Crippen molar-refractivity contribution in [2.75, 3.05) is 0 Å². The van der Waals surface area contributed by atoms with Crippen LogP contribution in [0.15, 0.2) is 0 Å². The number of rotatable bonds is 3. The van der Waals surface area contributed by atoms with Gasteiger partial charge in [-0.15, -0.1) is 0 Å². The van der Waals surface area contributed by atoms with Crippen molar-refractivity contribution in [2.24, 2.45) is 0 Å². The summed E-state index contributed by atoms with van der Waals surface area (Å²) in [4.78, 5) is 0. The first-order valence-electron chi connectivity index (χ1n) is 5.58. The molecular weight excluding hydrogens is 284 g/mol. The van der Waals surface area contributed by atoms with Crippen molar-refractivity contribution in [3.05, 3.63) is 6.92 Å². The molecule has 4 rings (SSSR count). The molecule has 0 aliphatic carbocycles. The van der Waals surface area contributed by atoms with Crippen LogP contribution in [0.3, 0.4) is 0 Å². The van der Waals surface area contributed by atoms with Crippen molar-refractivity contribution in [1.29, 1.82) is 0 Å². The standard InChI is InChI=1S/C11H17O3.BrH.Mg/c1-2-3-4-11-6-8-5-9(14-11)13-10(7-11)12-8;;/h8-10H,1-7H2;1H;/q-1;;+2/p-1. The molecule has 0 spiro atoms. The molecule has 4 heterocycles. The molecule has 4 atom stereocenters. The second-order valence-corrected chi connectivity index (χ2v) is 4.66. The fraction of sp³-hybridized carbons (Fsp3) is 0.909. The van der Waals surface area contributed by atoms with Crippen molar-refractivity contribution in [1.82, 2.24) is 0 Å². The molecule has 4 bridgehead atoms. The van der Waals surface area contributed by atoms with E-state index in [-0.39, 0.29) is 58.2 Å². The summed E-state index contributed by atoms with van der Waals surface area (Å²) in [6, 6.07) is 0. The van der Waals surface area contributed by atoms with Crippen LogP contribution in [0.4, 0.5) is 0 Å². The zero-order valence-corrected chi connectivity index (χ0v) is 12.5. The minimum atomic E-state index is 0. The smallest absolute Gasteiger partial charge is 1.00 e. The van der Waals surface area contributed by atoms with Crippen LogP contribution < -0.4 is 17.0 Å². The molecule has 16 heavy (non-hydrogen) atoms. The summed E-state index contributed by atoms with van der Waals surface area (Å²) < 4.78 is 17.3. The van der Waals surface area contributed by atoms with Gasteiger partial charge in [-0.3, -0.25) is 0 Å². The Labute approximate surface area is 123 Å². The van der Waals surface area contributed by atoms with E-state index in [1.54, 1.807) is 0 Å². The van der Waals surface area contributed by atoms with E-state index in [1.165, 1.54) is 0 Å². The Morgan fingerprint density at radius 3 is 2.62 bits per heavy atom. The summed E-state index contributed by atoms with van der Waals surface area (Å²) in [6.07, 6.45) is 6.54. The Kier molecular flexibility index (Phi) is 5.55. The number of unbranched alkanes of at least 4 members (excludes halogenated alkanes) is 1. The molecule has 88 valence electrons. The Bertz CT molecular complexity index is 202. The quantitative estimate of drug-likeness (QED) is 0.476. The van der Waals surface area contributed by atoms with Crippen LogP contribution in [0.2, 0.25) is 0 Å². The second kappa shape index (κ2) is 5.84. The maximum atomic E-state index is 5.98. The molecular formula is C11H17BrMgO3. The van der Waals surface area contributed by atoms with Gasteiger partial charge in [0.25, 0.3) is 0 Å². The van der Waals surface area contributed by atoms with E-state index < -0.39 is 0 Å². The molecule has 4 fully saturated rings. The van der Waals surface area contributed by atoms with E-state index >= 15 is 0 Å². The first-order valence-corrected chi connectivity index (χ1v) is 5.58. The summed E-state index contributed by atoms with van der Waals surface area (Å²) >= 11 is 0. The van der Waals surface area contributed by atoms with Gasteiger partial charge in [-0.25, -0.2) is 0 Å². The van der Waals surface area contributed by atoms with Crippen LogP contribution in [0.1, 0.15) is 38.5 Å². The SMILES string of the molecule is [Br-].[CH2-]CCCC12CC3CC(OC(C1)O3)O2.[Mg+2]. The van der Waals surface area contributed by atoms with Crippen LogP contribution in [0.5, 0.6) is 0 Å². The topological polar surface area (TPSA) is 27.7 Å². The Hall–Kier alpha value is 1.13. The van der Waals surface area contributed by atoms with Crippen molar-refractivity contribution in [2.45, 2.75) is 62.8 Å². The summed E-state index contributed by atoms with van der Waals surface area (Å²) in [6.45, 7) is 3.88. The monoisotopic (exact) mass is 300 g/mol. The van der Waals surface area contributed by atoms with Gasteiger partial charge in [0.1, 0.15) is 0 Å². The van der Waals surface area contributed by atoms with Gasteiger partial charge >= 0.3 is 23.1 Å². The van der Waals surface area contributed by atoms with Gasteiger partial charge in [0.15, 0.2) is 12.6 Å². The first kappa shape index (κ1) is 15.2. The fourth-order valence-corrected chi connectivity index (χ4v) is 2.93. The number of hydrogen-bond acceptors (Lipinski definition) is 3. The average Bonchev–Trinajstić information content (AvgIpc) is 2.12. The Morgan fingerprint density at radius 1 is 1.19 bits per heavy atom. The normalized spacial score (nSPS) is 43.7. The number of hydrogen-bond donors (Lipinski definition) is 0. The maximum absolute atomic E-state index is 5.98. The fourth-order valence-electron chi connectivity index (χ4n) is 2.93. The van der Waals surface area contributed by atoms with Crippen LogP contribution in [0, 0.1) is 6.92 Å². The van der Waals surface area contributed by atoms with Gasteiger partial charge in [-0.1, -0.05) is 6.42 Å². The Morgan fingerprint density at radius 2 is 2.00 bits per heavy atom. The minimum absolute atomic E-state index is 0. The molecule has 0 N–H and O–H groups in total. The van der Waals surface area contributed by atoms with Crippen molar-refractivity contribution in [3.8, 4) is 0 Å². The summed E-state index contributed by atoms with van der Waals surface area (Å²) in [5, 5.41) is 0. The van der Waals surface area contributed by atoms with E-state index in [9.17, 15) is 0 Å². The van der Waals surface area contributed by atoms with Crippen molar-refractivity contribution in [3.63, 3.8) is 0 Å². The van der Waals surface area contributed by atoms with Crippen LogP contribution >= 0.6 is 0 Å². The predicted molar refractivity (Wildman–Crippen MR) is 56.2 cm³/mol. The summed E-state index contributed by atoms with van der Waals surface area (Å²) in [5.41, 5.74) is 0.0619. The van der Waals surface area contributed by atoms with Crippen LogP contribution in [0.25, 0.3) is 0 Å². The zero-order chi connectivity index (χ0) is 9.60. The van der Waals surface area contributed by atoms with Gasteiger partial charge < -0.3 is 38.1 Å². The molecule has 0 aromatic heterocycles. The van der Waals surface area contributed by atoms with Gasteiger partial charge in [-0.2, -0.15) is 6.42 Å². The summed E-state index contributed by atoms with van der Waals surface area (Å²) in [7, 11) is 0. The second-order valence-electron chi connectivity index (χ2n) is 4.66. The first-order chi connectivity index (χ1) is 6.80. The molecule has 0 aromatic rings. The van der Waals surface area contributed by atoms with E-state index in [0.717, 1.165) is 38.5 Å². The third kappa shape index (κ3) is 2.75. The molecule has 5 heteroatoms. The van der Waals surface area contributed by atoms with Crippen molar-refractivity contribution >= 4 is 23.1 Å². The molecule has 4 aliphatic rings. The summed E-state index contributed by atoms with van der Waals surface area (Å²) in [5.74, 6) is 0. The molecule has 0 aromatic carbocycles. The molecule has 3 nitrogen and oxygen atoms in total. The predicted octanol–water partition coefficient (Wildman–Crippen LogP) is -1.37. The van der Waals surface area contributed by atoms with Gasteiger partial charge in [0.05, 0.1) is 11.7 Å². The molecule has 0 radical (unpaired) electrons. The number of halogens is 1. The molecule has 4 saturated heterocycles. The zero-order valence-electron chi connectivity index (χ0n) is 9.49. The Balaban J connectivity index is 0.000000640. The van der Waals surface area contributed by atoms with Gasteiger partial charge in [0.2, 0.25) is 0 Å². The molecule has 4 unspecified atom stereocenters. The molecule has 0 saturated carbocycles. The molecule has 0 amide bonds. The van der Waals surface area contributed by atoms with E-state index in [1.807, 2.05) is 0 Å². The third-order valence-electron chi connectivity index (χ3n) is 3.51. The third-order valence-corrected chi connectivity index (χ3v) is 3.51. The van der Waals surface area contributed by atoms with E-state index in [4.69, 9.17) is 14.2 Å².